The Balaban J connectivity index is 2.26. The molecule has 0 unspecified atom stereocenters. The maximum Gasteiger partial charge on any atom is 0.209 e. The van der Waals surface area contributed by atoms with Crippen LogP contribution in [0.5, 0.6) is 0 Å². The van der Waals surface area contributed by atoms with Crippen molar-refractivity contribution < 1.29 is 13.2 Å². The number of carbonyl (C=O) groups is 1. The average molecular weight is 220 g/mol. The number of nitrogens with zero attached hydrogens (tertiary/aromatic N) is 2. The van der Waals surface area contributed by atoms with Gasteiger partial charge in [-0.1, -0.05) is 0 Å². The van der Waals surface area contributed by atoms with E-state index in [2.05, 4.69) is 4.90 Å². The third kappa shape index (κ3) is 4.06. The molecule has 0 bridgehead atoms. The summed E-state index contributed by atoms with van der Waals surface area (Å²) in [5.41, 5.74) is 0. The van der Waals surface area contributed by atoms with Crippen molar-refractivity contribution in [2.75, 3.05) is 44.7 Å². The summed E-state index contributed by atoms with van der Waals surface area (Å²) >= 11 is 0. The van der Waals surface area contributed by atoms with Crippen LogP contribution in [-0.4, -0.2) is 69.4 Å². The number of piperazine rings is 1. The molecule has 1 fully saturated rings. The van der Waals surface area contributed by atoms with Gasteiger partial charge in [-0.05, 0) is 0 Å². The van der Waals surface area contributed by atoms with Crippen molar-refractivity contribution in [2.45, 2.75) is 0 Å². The van der Waals surface area contributed by atoms with Gasteiger partial charge in [0.1, 0.15) is 9.84 Å². The summed E-state index contributed by atoms with van der Waals surface area (Å²) in [4.78, 5) is 14.2. The fraction of sp³-hybridized carbons (Fsp3) is 0.875. The standard InChI is InChI=1S/C8H16N2O3S/c1-14(12,13)7-6-9-2-4-10(8-11)5-3-9/h8H,2-7H2,1H3. The third-order valence-electron chi connectivity index (χ3n) is 2.33. The molecule has 82 valence electrons. The molecule has 1 heterocycles. The van der Waals surface area contributed by atoms with E-state index in [-0.39, 0.29) is 5.75 Å². The summed E-state index contributed by atoms with van der Waals surface area (Å²) in [6.07, 6.45) is 2.09. The Bertz CT molecular complexity index is 281. The Hall–Kier alpha value is -0.620. The molecule has 1 aliphatic rings. The molecule has 14 heavy (non-hydrogen) atoms. The van der Waals surface area contributed by atoms with Gasteiger partial charge in [-0.15, -0.1) is 0 Å². The maximum absolute atomic E-state index is 10.9. The lowest BCUT2D eigenvalue weighted by atomic mass is 10.3. The topological polar surface area (TPSA) is 57.7 Å². The van der Waals surface area contributed by atoms with Gasteiger partial charge in [0.2, 0.25) is 6.41 Å². The summed E-state index contributed by atoms with van der Waals surface area (Å²) in [7, 11) is -2.87. The first-order valence-electron chi connectivity index (χ1n) is 4.61. The van der Waals surface area contributed by atoms with Crippen LogP contribution in [0.15, 0.2) is 0 Å². The van der Waals surface area contributed by atoms with Crippen molar-refractivity contribution in [1.29, 1.82) is 0 Å². The summed E-state index contributed by atoms with van der Waals surface area (Å²) in [5.74, 6) is 0.202. The van der Waals surface area contributed by atoms with Crippen LogP contribution in [0.2, 0.25) is 0 Å². The molecule has 1 aliphatic heterocycles. The van der Waals surface area contributed by atoms with E-state index < -0.39 is 9.84 Å². The second-order valence-electron chi connectivity index (χ2n) is 3.61. The molecule has 0 radical (unpaired) electrons. The summed E-state index contributed by atoms with van der Waals surface area (Å²) in [6, 6.07) is 0. The molecule has 0 spiro atoms. The first kappa shape index (κ1) is 11.5. The maximum atomic E-state index is 10.9. The van der Waals surface area contributed by atoms with Gasteiger partial charge < -0.3 is 4.90 Å². The molecular weight excluding hydrogens is 204 g/mol. The van der Waals surface area contributed by atoms with Crippen LogP contribution in [0.25, 0.3) is 0 Å². The summed E-state index contributed by atoms with van der Waals surface area (Å²) < 4.78 is 21.8. The van der Waals surface area contributed by atoms with Crippen LogP contribution in [0.4, 0.5) is 0 Å². The highest BCUT2D eigenvalue weighted by atomic mass is 32.2. The van der Waals surface area contributed by atoms with Crippen LogP contribution in [0.1, 0.15) is 0 Å². The summed E-state index contributed by atoms with van der Waals surface area (Å²) in [6.45, 7) is 3.52. The Morgan fingerprint density at radius 3 is 2.21 bits per heavy atom. The van der Waals surface area contributed by atoms with Crippen LogP contribution in [0, 0.1) is 0 Å². The largest absolute Gasteiger partial charge is 0.343 e. The first-order valence-corrected chi connectivity index (χ1v) is 6.67. The van der Waals surface area contributed by atoms with Gasteiger partial charge in [0.05, 0.1) is 5.75 Å². The van der Waals surface area contributed by atoms with Crippen LogP contribution in [0.3, 0.4) is 0 Å². The number of hydrogen-bond acceptors (Lipinski definition) is 4. The van der Waals surface area contributed by atoms with Crippen molar-refractivity contribution in [3.63, 3.8) is 0 Å². The highest BCUT2D eigenvalue weighted by Crippen LogP contribution is 1.99. The second kappa shape index (κ2) is 4.75. The molecule has 0 atom stereocenters. The molecule has 1 saturated heterocycles. The lowest BCUT2D eigenvalue weighted by Crippen LogP contribution is -2.46. The molecule has 0 saturated carbocycles. The fourth-order valence-electron chi connectivity index (χ4n) is 1.39. The van der Waals surface area contributed by atoms with Crippen LogP contribution < -0.4 is 0 Å². The van der Waals surface area contributed by atoms with Gasteiger partial charge >= 0.3 is 0 Å². The van der Waals surface area contributed by atoms with Crippen molar-refractivity contribution in [1.82, 2.24) is 9.80 Å². The van der Waals surface area contributed by atoms with Crippen molar-refractivity contribution in [3.8, 4) is 0 Å². The molecule has 0 aromatic rings. The van der Waals surface area contributed by atoms with Gasteiger partial charge in [-0.25, -0.2) is 8.42 Å². The van der Waals surface area contributed by atoms with Gasteiger partial charge in [0.15, 0.2) is 0 Å². The van der Waals surface area contributed by atoms with Crippen molar-refractivity contribution in [2.24, 2.45) is 0 Å². The quantitative estimate of drug-likeness (QED) is 0.559. The average Bonchev–Trinajstić information content (AvgIpc) is 2.14. The minimum atomic E-state index is -2.87. The number of rotatable bonds is 4. The van der Waals surface area contributed by atoms with Crippen molar-refractivity contribution >= 4 is 16.2 Å². The van der Waals surface area contributed by atoms with E-state index in [9.17, 15) is 13.2 Å². The molecule has 0 aliphatic carbocycles. The third-order valence-corrected chi connectivity index (χ3v) is 3.26. The van der Waals surface area contributed by atoms with E-state index in [0.717, 1.165) is 19.5 Å². The smallest absolute Gasteiger partial charge is 0.209 e. The molecule has 1 rings (SSSR count). The van der Waals surface area contributed by atoms with Gasteiger partial charge in [-0.2, -0.15) is 0 Å². The molecule has 1 amide bonds. The second-order valence-corrected chi connectivity index (χ2v) is 5.87. The minimum absolute atomic E-state index is 0.202. The molecule has 0 aromatic heterocycles. The number of amides is 1. The normalized spacial score (nSPS) is 19.6. The zero-order chi connectivity index (χ0) is 10.6. The Labute approximate surface area is 84.6 Å². The van der Waals surface area contributed by atoms with Crippen LogP contribution in [-0.2, 0) is 14.6 Å². The Morgan fingerprint density at radius 2 is 1.79 bits per heavy atom. The van der Waals surface area contributed by atoms with E-state index >= 15 is 0 Å². The minimum Gasteiger partial charge on any atom is -0.343 e. The molecule has 5 nitrogen and oxygen atoms in total. The van der Waals surface area contributed by atoms with E-state index in [4.69, 9.17) is 0 Å². The lowest BCUT2D eigenvalue weighted by molar-refractivity contribution is -0.119. The summed E-state index contributed by atoms with van der Waals surface area (Å²) in [5, 5.41) is 0. The highest BCUT2D eigenvalue weighted by Gasteiger charge is 2.16. The Morgan fingerprint density at radius 1 is 1.21 bits per heavy atom. The Kier molecular flexibility index (Phi) is 3.88. The van der Waals surface area contributed by atoms with Gasteiger partial charge in [0, 0.05) is 39.0 Å². The van der Waals surface area contributed by atoms with E-state index in [1.54, 1.807) is 4.90 Å². The highest BCUT2D eigenvalue weighted by molar-refractivity contribution is 7.90. The van der Waals surface area contributed by atoms with E-state index in [1.165, 1.54) is 6.26 Å². The molecule has 0 aromatic carbocycles. The molecule has 0 N–H and O–H groups in total. The molecular formula is C8H16N2O3S. The first-order chi connectivity index (χ1) is 6.51. The predicted octanol–water partition coefficient (Wildman–Crippen LogP) is -1.19. The monoisotopic (exact) mass is 220 g/mol. The van der Waals surface area contributed by atoms with E-state index in [0.29, 0.717) is 19.6 Å². The van der Waals surface area contributed by atoms with Gasteiger partial charge in [-0.3, -0.25) is 9.69 Å². The lowest BCUT2D eigenvalue weighted by Gasteiger charge is -2.32. The number of sulfone groups is 1. The van der Waals surface area contributed by atoms with E-state index in [1.807, 2.05) is 0 Å². The zero-order valence-corrected chi connectivity index (χ0v) is 9.16. The number of hydrogen-bond donors (Lipinski definition) is 0. The fourth-order valence-corrected chi connectivity index (χ4v) is 1.98. The van der Waals surface area contributed by atoms with Crippen molar-refractivity contribution in [3.05, 3.63) is 0 Å². The molecule has 6 heteroatoms. The SMILES string of the molecule is CS(=O)(=O)CCN1CCN(C=O)CC1. The predicted molar refractivity (Wildman–Crippen MR) is 53.8 cm³/mol. The van der Waals surface area contributed by atoms with Gasteiger partial charge in [0.25, 0.3) is 0 Å². The van der Waals surface area contributed by atoms with Crippen LogP contribution >= 0.6 is 0 Å². The zero-order valence-electron chi connectivity index (χ0n) is 8.35. The number of carbonyl (C=O) groups excluding carboxylic acids is 1.